The lowest BCUT2D eigenvalue weighted by molar-refractivity contribution is -0.118. The molecule has 18 heavy (non-hydrogen) atoms. The van der Waals surface area contributed by atoms with Crippen molar-refractivity contribution >= 4 is 17.3 Å². The molecule has 1 saturated heterocycles. The fourth-order valence-electron chi connectivity index (χ4n) is 1.95. The zero-order chi connectivity index (χ0) is 13.0. The number of hydrogen-bond donors (Lipinski definition) is 2. The Hall–Kier alpha value is -1.59. The predicted octanol–water partition coefficient (Wildman–Crippen LogP) is 0.848. The molecule has 1 heterocycles. The van der Waals surface area contributed by atoms with E-state index < -0.39 is 0 Å². The molecule has 1 aromatic rings. The van der Waals surface area contributed by atoms with Gasteiger partial charge >= 0.3 is 0 Å². The van der Waals surface area contributed by atoms with Crippen molar-refractivity contribution in [1.29, 1.82) is 0 Å². The molecule has 1 amide bonds. The van der Waals surface area contributed by atoms with E-state index in [4.69, 9.17) is 10.5 Å². The average Bonchev–Trinajstić information content (AvgIpc) is 2.34. The number of morpholine rings is 1. The fourth-order valence-corrected chi connectivity index (χ4v) is 1.95. The average molecular weight is 249 g/mol. The topological polar surface area (TPSA) is 67.6 Å². The van der Waals surface area contributed by atoms with E-state index >= 15 is 0 Å². The first-order chi connectivity index (χ1) is 8.65. The second-order valence-electron chi connectivity index (χ2n) is 4.53. The maximum atomic E-state index is 11.9. The third kappa shape index (κ3) is 3.45. The number of nitrogen functional groups attached to an aromatic ring is 1. The minimum absolute atomic E-state index is 0.0348. The summed E-state index contributed by atoms with van der Waals surface area (Å²) in [4.78, 5) is 13.9. The van der Waals surface area contributed by atoms with E-state index in [9.17, 15) is 4.79 Å². The van der Waals surface area contributed by atoms with Crippen LogP contribution in [0.1, 0.15) is 5.56 Å². The summed E-state index contributed by atoms with van der Waals surface area (Å²) in [5.74, 6) is -0.0348. The van der Waals surface area contributed by atoms with Crippen LogP contribution in [0, 0.1) is 6.92 Å². The van der Waals surface area contributed by atoms with Crippen molar-refractivity contribution in [2.75, 3.05) is 43.9 Å². The Labute approximate surface area is 107 Å². The van der Waals surface area contributed by atoms with Gasteiger partial charge in [-0.3, -0.25) is 9.69 Å². The second-order valence-corrected chi connectivity index (χ2v) is 4.53. The lowest BCUT2D eigenvalue weighted by Gasteiger charge is -2.25. The number of ether oxygens (including phenoxy) is 1. The number of nitrogens with two attached hydrogens (primary N) is 1. The summed E-state index contributed by atoms with van der Waals surface area (Å²) in [6, 6.07) is 5.62. The number of nitrogens with zero attached hydrogens (tertiary/aromatic N) is 1. The molecule has 1 aliphatic rings. The Morgan fingerprint density at radius 1 is 1.44 bits per heavy atom. The highest BCUT2D eigenvalue weighted by molar-refractivity contribution is 5.95. The molecular weight excluding hydrogens is 230 g/mol. The minimum atomic E-state index is -0.0348. The van der Waals surface area contributed by atoms with Crippen LogP contribution in [0.5, 0.6) is 0 Å². The Morgan fingerprint density at radius 3 is 2.83 bits per heavy atom. The number of hydrogen-bond acceptors (Lipinski definition) is 4. The number of aryl methyl sites for hydroxylation is 1. The van der Waals surface area contributed by atoms with E-state index in [0.29, 0.717) is 31.1 Å². The van der Waals surface area contributed by atoms with Crippen LogP contribution in [-0.4, -0.2) is 43.7 Å². The standard InChI is InChI=1S/C13H19N3O2/c1-10-2-3-12(11(14)8-10)15-13(17)9-16-4-6-18-7-5-16/h2-3,8H,4-7,9,14H2,1H3,(H,15,17). The summed E-state index contributed by atoms with van der Waals surface area (Å²) in [5, 5.41) is 2.84. The molecular formula is C13H19N3O2. The van der Waals surface area contributed by atoms with Gasteiger partial charge in [0, 0.05) is 13.1 Å². The van der Waals surface area contributed by atoms with Crippen LogP contribution in [0.15, 0.2) is 18.2 Å². The number of anilines is 2. The van der Waals surface area contributed by atoms with Gasteiger partial charge in [-0.25, -0.2) is 0 Å². The zero-order valence-electron chi connectivity index (χ0n) is 10.6. The van der Waals surface area contributed by atoms with E-state index in [1.165, 1.54) is 0 Å². The molecule has 0 spiro atoms. The maximum absolute atomic E-state index is 11.9. The SMILES string of the molecule is Cc1ccc(NC(=O)CN2CCOCC2)c(N)c1. The van der Waals surface area contributed by atoms with Gasteiger partial charge in [0.05, 0.1) is 31.1 Å². The summed E-state index contributed by atoms with van der Waals surface area (Å²) in [6.07, 6.45) is 0. The van der Waals surface area contributed by atoms with Gasteiger partial charge in [-0.05, 0) is 24.6 Å². The number of carbonyl (C=O) groups is 1. The highest BCUT2D eigenvalue weighted by Gasteiger charge is 2.14. The normalized spacial score (nSPS) is 16.5. The highest BCUT2D eigenvalue weighted by atomic mass is 16.5. The third-order valence-corrected chi connectivity index (χ3v) is 2.95. The molecule has 0 unspecified atom stereocenters. The molecule has 0 bridgehead atoms. The second kappa shape index (κ2) is 5.84. The van der Waals surface area contributed by atoms with Gasteiger partial charge in [0.15, 0.2) is 0 Å². The van der Waals surface area contributed by atoms with E-state index in [1.54, 1.807) is 0 Å². The van der Waals surface area contributed by atoms with Gasteiger partial charge in [-0.15, -0.1) is 0 Å². The number of nitrogens with one attached hydrogen (secondary N) is 1. The monoisotopic (exact) mass is 249 g/mol. The molecule has 1 aliphatic heterocycles. The third-order valence-electron chi connectivity index (χ3n) is 2.95. The first kappa shape index (κ1) is 12.9. The van der Waals surface area contributed by atoms with Crippen LogP contribution < -0.4 is 11.1 Å². The minimum Gasteiger partial charge on any atom is -0.397 e. The maximum Gasteiger partial charge on any atom is 0.238 e. The van der Waals surface area contributed by atoms with Crippen LogP contribution in [-0.2, 0) is 9.53 Å². The molecule has 0 radical (unpaired) electrons. The predicted molar refractivity (Wildman–Crippen MR) is 71.5 cm³/mol. The van der Waals surface area contributed by atoms with Gasteiger partial charge < -0.3 is 15.8 Å². The molecule has 1 aromatic carbocycles. The first-order valence-electron chi connectivity index (χ1n) is 6.11. The fraction of sp³-hybridized carbons (Fsp3) is 0.462. The van der Waals surface area contributed by atoms with Crippen LogP contribution in [0.25, 0.3) is 0 Å². The zero-order valence-corrected chi connectivity index (χ0v) is 10.6. The molecule has 98 valence electrons. The molecule has 0 saturated carbocycles. The summed E-state index contributed by atoms with van der Waals surface area (Å²) in [7, 11) is 0. The van der Waals surface area contributed by atoms with Crippen molar-refractivity contribution in [2.24, 2.45) is 0 Å². The van der Waals surface area contributed by atoms with E-state index in [2.05, 4.69) is 10.2 Å². The number of amides is 1. The number of benzene rings is 1. The van der Waals surface area contributed by atoms with Crippen molar-refractivity contribution in [3.63, 3.8) is 0 Å². The Kier molecular flexibility index (Phi) is 4.17. The Balaban J connectivity index is 1.90. The molecule has 1 fully saturated rings. The molecule has 0 aromatic heterocycles. The number of carbonyl (C=O) groups excluding carboxylic acids is 1. The first-order valence-corrected chi connectivity index (χ1v) is 6.11. The van der Waals surface area contributed by atoms with E-state index in [-0.39, 0.29) is 5.91 Å². The van der Waals surface area contributed by atoms with Gasteiger partial charge in [0.25, 0.3) is 0 Å². The van der Waals surface area contributed by atoms with E-state index in [1.807, 2.05) is 25.1 Å². The lowest BCUT2D eigenvalue weighted by atomic mass is 10.2. The summed E-state index contributed by atoms with van der Waals surface area (Å²) < 4.78 is 5.24. The van der Waals surface area contributed by atoms with Gasteiger partial charge in [0.1, 0.15) is 0 Å². The largest absolute Gasteiger partial charge is 0.397 e. The highest BCUT2D eigenvalue weighted by Crippen LogP contribution is 2.19. The lowest BCUT2D eigenvalue weighted by Crippen LogP contribution is -2.41. The molecule has 3 N–H and O–H groups in total. The van der Waals surface area contributed by atoms with E-state index in [0.717, 1.165) is 18.7 Å². The van der Waals surface area contributed by atoms with Crippen molar-refractivity contribution in [3.05, 3.63) is 23.8 Å². The number of rotatable bonds is 3. The molecule has 5 nitrogen and oxygen atoms in total. The van der Waals surface area contributed by atoms with Crippen LogP contribution >= 0.6 is 0 Å². The molecule has 0 atom stereocenters. The molecule has 2 rings (SSSR count). The Morgan fingerprint density at radius 2 is 2.17 bits per heavy atom. The quantitative estimate of drug-likeness (QED) is 0.779. The van der Waals surface area contributed by atoms with Gasteiger partial charge in [0.2, 0.25) is 5.91 Å². The van der Waals surface area contributed by atoms with Gasteiger partial charge in [-0.2, -0.15) is 0 Å². The molecule has 0 aliphatic carbocycles. The van der Waals surface area contributed by atoms with Crippen LogP contribution in [0.2, 0.25) is 0 Å². The van der Waals surface area contributed by atoms with Crippen LogP contribution in [0.4, 0.5) is 11.4 Å². The van der Waals surface area contributed by atoms with Crippen LogP contribution in [0.3, 0.4) is 0 Å². The van der Waals surface area contributed by atoms with Crippen molar-refractivity contribution < 1.29 is 9.53 Å². The molecule has 5 heteroatoms. The smallest absolute Gasteiger partial charge is 0.238 e. The van der Waals surface area contributed by atoms with Crippen molar-refractivity contribution in [3.8, 4) is 0 Å². The summed E-state index contributed by atoms with van der Waals surface area (Å²) in [5.41, 5.74) is 8.22. The van der Waals surface area contributed by atoms with Crippen molar-refractivity contribution in [2.45, 2.75) is 6.92 Å². The summed E-state index contributed by atoms with van der Waals surface area (Å²) >= 11 is 0. The van der Waals surface area contributed by atoms with Crippen molar-refractivity contribution in [1.82, 2.24) is 4.90 Å². The summed E-state index contributed by atoms with van der Waals surface area (Å²) in [6.45, 7) is 5.35. The Bertz CT molecular complexity index is 428. The van der Waals surface area contributed by atoms with Gasteiger partial charge in [-0.1, -0.05) is 6.07 Å².